The summed E-state index contributed by atoms with van der Waals surface area (Å²) in [5, 5.41) is 12.0. The minimum Gasteiger partial charge on any atom is -0.493 e. The third-order valence-corrected chi connectivity index (χ3v) is 12.8. The van der Waals surface area contributed by atoms with Gasteiger partial charge in [-0.3, -0.25) is 29.4 Å². The monoisotopic (exact) mass is 655 g/mol. The topological polar surface area (TPSA) is 132 Å². The van der Waals surface area contributed by atoms with E-state index in [9.17, 15) is 24.5 Å². The number of aromatic nitrogens is 1. The Balaban J connectivity index is 1.14. The lowest BCUT2D eigenvalue weighted by atomic mass is 9.68. The number of H-pyrrole nitrogens is 1. The highest BCUT2D eigenvalue weighted by Gasteiger charge is 2.69. The van der Waals surface area contributed by atoms with E-state index in [0.29, 0.717) is 23.8 Å². The van der Waals surface area contributed by atoms with Gasteiger partial charge in [-0.05, 0) is 72.1 Å². The summed E-state index contributed by atoms with van der Waals surface area (Å²) in [6, 6.07) is 19.6. The highest BCUT2D eigenvalue weighted by Crippen LogP contribution is 2.68. The van der Waals surface area contributed by atoms with Crippen molar-refractivity contribution < 1.29 is 24.0 Å². The number of aromatic amines is 1. The maximum Gasteiger partial charge on any atom is 0.305 e. The summed E-state index contributed by atoms with van der Waals surface area (Å²) < 4.78 is 12.0. The molecule has 2 aliphatic heterocycles. The first-order chi connectivity index (χ1) is 22.2. The van der Waals surface area contributed by atoms with Crippen LogP contribution in [0.1, 0.15) is 33.9 Å². The molecule has 0 unspecified atom stereocenters. The number of ether oxygens (including phenoxy) is 2. The molecule has 1 saturated heterocycles. The van der Waals surface area contributed by atoms with Crippen LogP contribution in [-0.2, 0) is 16.2 Å². The van der Waals surface area contributed by atoms with Gasteiger partial charge in [-0.15, -0.1) is 11.8 Å². The van der Waals surface area contributed by atoms with Crippen LogP contribution in [0.15, 0.2) is 76.6 Å². The number of nitrogens with one attached hydrogen (secondary N) is 1. The third-order valence-electron chi connectivity index (χ3n) is 10.2. The Hall–Kier alpha value is -4.42. The van der Waals surface area contributed by atoms with E-state index >= 15 is 0 Å². The Labute approximate surface area is 271 Å². The van der Waals surface area contributed by atoms with Crippen molar-refractivity contribution in [2.45, 2.75) is 36.1 Å². The van der Waals surface area contributed by atoms with Crippen molar-refractivity contribution in [2.75, 3.05) is 12.0 Å². The summed E-state index contributed by atoms with van der Waals surface area (Å²) in [5.41, 5.74) is 3.45. The molecular weight excluding hydrogens is 627 g/mol. The summed E-state index contributed by atoms with van der Waals surface area (Å²) >= 11 is 2.83. The van der Waals surface area contributed by atoms with Crippen LogP contribution < -0.4 is 19.2 Å². The molecule has 1 N–H and O–H groups in total. The van der Waals surface area contributed by atoms with Crippen molar-refractivity contribution in [2.24, 2.45) is 29.6 Å². The number of nitrogens with zero attached hydrogens (tertiary/aromatic N) is 2. The number of hydrogen-bond donors (Lipinski definition) is 1. The van der Waals surface area contributed by atoms with E-state index in [1.54, 1.807) is 18.9 Å². The van der Waals surface area contributed by atoms with Gasteiger partial charge in [0.2, 0.25) is 11.8 Å². The van der Waals surface area contributed by atoms with Crippen molar-refractivity contribution >= 4 is 46.3 Å². The number of nitro groups is 1. The zero-order chi connectivity index (χ0) is 31.9. The van der Waals surface area contributed by atoms with Crippen molar-refractivity contribution in [1.82, 2.24) is 4.98 Å². The third kappa shape index (κ3) is 4.33. The molecule has 8 rings (SSSR count). The molecule has 2 aliphatic carbocycles. The fourth-order valence-electron chi connectivity index (χ4n) is 8.29. The molecule has 4 aromatic rings. The molecule has 0 spiro atoms. The quantitative estimate of drug-likeness (QED) is 0.148. The number of rotatable bonds is 7. The number of carbonyl (C=O) groups is 2. The van der Waals surface area contributed by atoms with E-state index in [1.165, 1.54) is 40.5 Å². The van der Waals surface area contributed by atoms with Gasteiger partial charge in [-0.2, -0.15) is 0 Å². The second-order valence-electron chi connectivity index (χ2n) is 12.4. The summed E-state index contributed by atoms with van der Waals surface area (Å²) in [7, 11) is 1.61. The first kappa shape index (κ1) is 29.0. The summed E-state index contributed by atoms with van der Waals surface area (Å²) in [4.78, 5) is 56.3. The van der Waals surface area contributed by atoms with E-state index in [4.69, 9.17) is 9.47 Å². The molecule has 2 saturated carbocycles. The van der Waals surface area contributed by atoms with E-state index in [0.717, 1.165) is 33.0 Å². The molecule has 0 radical (unpaired) electrons. The number of anilines is 1. The Bertz CT molecular complexity index is 1970. The molecule has 3 aromatic carbocycles. The van der Waals surface area contributed by atoms with Crippen molar-refractivity contribution in [3.63, 3.8) is 0 Å². The van der Waals surface area contributed by atoms with E-state index < -0.39 is 16.8 Å². The smallest absolute Gasteiger partial charge is 0.305 e. The summed E-state index contributed by atoms with van der Waals surface area (Å²) in [6.45, 7) is 2.44. The number of non-ortho nitro benzene ring substituents is 1. The number of aryl methyl sites for hydroxylation is 1. The molecule has 1 aromatic heterocycles. The Morgan fingerprint density at radius 2 is 1.72 bits per heavy atom. The second kappa shape index (κ2) is 10.8. The lowest BCUT2D eigenvalue weighted by Gasteiger charge is -2.43. The number of benzene rings is 3. The largest absolute Gasteiger partial charge is 0.493 e. The van der Waals surface area contributed by atoms with Crippen LogP contribution in [-0.4, -0.2) is 34.1 Å². The normalized spacial score (nSPS) is 27.3. The molecule has 3 fully saturated rings. The number of thioether (sulfide) groups is 1. The second-order valence-corrected chi connectivity index (χ2v) is 14.6. The lowest BCUT2D eigenvalue weighted by molar-refractivity contribution is -0.384. The number of methoxy groups -OCH3 is 1. The first-order valence-corrected chi connectivity index (χ1v) is 16.8. The maximum atomic E-state index is 14.0. The molecule has 2 bridgehead atoms. The molecular formula is C34H29N3O7S2. The van der Waals surface area contributed by atoms with Crippen LogP contribution >= 0.6 is 23.1 Å². The van der Waals surface area contributed by atoms with Crippen LogP contribution in [0.25, 0.3) is 0 Å². The Morgan fingerprint density at radius 1 is 0.978 bits per heavy atom. The van der Waals surface area contributed by atoms with Crippen LogP contribution in [0.4, 0.5) is 11.4 Å². The number of imide groups is 1. The number of carbonyl (C=O) groups excluding carboxylic acids is 2. The Morgan fingerprint density at radius 3 is 2.43 bits per heavy atom. The van der Waals surface area contributed by atoms with E-state index in [1.807, 2.05) is 49.4 Å². The molecule has 10 nitrogen and oxygen atoms in total. The van der Waals surface area contributed by atoms with Gasteiger partial charge in [0.05, 0.1) is 34.6 Å². The van der Waals surface area contributed by atoms with E-state index in [-0.39, 0.29) is 51.3 Å². The number of fused-ring (bicyclic) bond motifs is 9. The van der Waals surface area contributed by atoms with Crippen molar-refractivity contribution in [1.29, 1.82) is 0 Å². The Kier molecular flexibility index (Phi) is 6.84. The summed E-state index contributed by atoms with van der Waals surface area (Å²) in [6.07, 6.45) is 0.758. The fraction of sp³-hybridized carbons (Fsp3) is 0.324. The SMILES string of the molecule is COc1cc([C@@H]2c3sc(=O)[nH]c3S[C@@H]3[C@@H]4C[C@@H]([C@@H]5C(=O)N(c6ccc([N+](=O)[O-])cc6)C(=O)[C@@H]45)[C@@H]23)ccc1OCc1ccccc1C. The number of hydrogen-bond acceptors (Lipinski definition) is 9. The predicted molar refractivity (Wildman–Crippen MR) is 173 cm³/mol. The average Bonchev–Trinajstić information content (AvgIpc) is 3.79. The van der Waals surface area contributed by atoms with E-state index in [2.05, 4.69) is 4.98 Å². The van der Waals surface area contributed by atoms with Gasteiger partial charge in [0.15, 0.2) is 11.5 Å². The lowest BCUT2D eigenvalue weighted by Crippen LogP contribution is -2.42. The molecule has 12 heteroatoms. The molecule has 234 valence electrons. The van der Waals surface area contributed by atoms with Crippen LogP contribution in [0.5, 0.6) is 11.5 Å². The zero-order valence-electron chi connectivity index (χ0n) is 24.9. The van der Waals surface area contributed by atoms with Gasteiger partial charge in [0.25, 0.3) is 5.69 Å². The number of thiazole rings is 1. The summed E-state index contributed by atoms with van der Waals surface area (Å²) in [5.74, 6) is -0.479. The van der Waals surface area contributed by atoms with Gasteiger partial charge in [0.1, 0.15) is 6.61 Å². The maximum absolute atomic E-state index is 14.0. The minimum atomic E-state index is -0.505. The minimum absolute atomic E-state index is 0.0206. The van der Waals surface area contributed by atoms with Crippen LogP contribution in [0.2, 0.25) is 0 Å². The first-order valence-electron chi connectivity index (χ1n) is 15.1. The van der Waals surface area contributed by atoms with Crippen molar-refractivity contribution in [3.8, 4) is 11.5 Å². The van der Waals surface area contributed by atoms with Gasteiger partial charge >= 0.3 is 4.87 Å². The number of amides is 2. The molecule has 2 amide bonds. The fourth-order valence-corrected chi connectivity index (χ4v) is 11.2. The van der Waals surface area contributed by atoms with Gasteiger partial charge < -0.3 is 14.5 Å². The number of nitro benzene ring substituents is 1. The molecule has 7 atom stereocenters. The molecule has 4 aliphatic rings. The van der Waals surface area contributed by atoms with Crippen molar-refractivity contribution in [3.05, 3.63) is 108 Å². The standard InChI is InChI=1S/C34H29N3O7S2/c1-16-5-3-4-6-18(16)15-44-23-12-7-17(13-24(23)43-2)25-26-21-14-22(29(26)45-31-30(25)46-34(40)35-31)28-27(21)32(38)36(33(28)39)19-8-10-20(11-9-19)37(41)42/h3-13,21-22,25-29H,14-15H2,1-2H3,(H,35,40)/t21-,22-,25+,26+,27+,28+,29-/m1/s1. The highest BCUT2D eigenvalue weighted by molar-refractivity contribution is 8.00. The van der Waals surface area contributed by atoms with Gasteiger partial charge in [-0.25, -0.2) is 0 Å². The molecule has 3 heterocycles. The predicted octanol–water partition coefficient (Wildman–Crippen LogP) is 5.92. The van der Waals surface area contributed by atoms with Gasteiger partial charge in [-0.1, -0.05) is 41.7 Å². The van der Waals surface area contributed by atoms with Crippen LogP contribution in [0.3, 0.4) is 0 Å². The average molecular weight is 656 g/mol. The zero-order valence-corrected chi connectivity index (χ0v) is 26.5. The van der Waals surface area contributed by atoms with Gasteiger partial charge in [0, 0.05) is 28.2 Å². The highest BCUT2D eigenvalue weighted by atomic mass is 32.2. The molecule has 46 heavy (non-hydrogen) atoms. The van der Waals surface area contributed by atoms with Crippen LogP contribution in [0, 0.1) is 46.6 Å².